The minimum absolute atomic E-state index is 0.227. The van der Waals surface area contributed by atoms with Gasteiger partial charge in [-0.15, -0.1) is 15.0 Å². The highest BCUT2D eigenvalue weighted by Crippen LogP contribution is 2.41. The molecule has 29 heavy (non-hydrogen) atoms. The van der Waals surface area contributed by atoms with E-state index >= 15 is 0 Å². The van der Waals surface area contributed by atoms with Crippen molar-refractivity contribution in [3.8, 4) is 11.4 Å². The molecular formula is C25H27N3O. The SMILES string of the molecule is CC(C)(C)c1cc(C(C)(C)c2ccccc2)cc(-n2nc3ccccc3n2)c1O. The van der Waals surface area contributed by atoms with E-state index in [-0.39, 0.29) is 16.6 Å². The Morgan fingerprint density at radius 2 is 1.28 bits per heavy atom. The molecule has 4 nitrogen and oxygen atoms in total. The Balaban J connectivity index is 1.97. The largest absolute Gasteiger partial charge is 0.505 e. The van der Waals surface area contributed by atoms with Crippen molar-refractivity contribution in [3.63, 3.8) is 0 Å². The molecule has 0 bridgehead atoms. The summed E-state index contributed by atoms with van der Waals surface area (Å²) in [5, 5.41) is 20.4. The Kier molecular flexibility index (Phi) is 4.45. The average Bonchev–Trinajstić information content (AvgIpc) is 3.11. The van der Waals surface area contributed by atoms with Crippen LogP contribution in [0.2, 0.25) is 0 Å². The van der Waals surface area contributed by atoms with Gasteiger partial charge in [0.05, 0.1) is 0 Å². The Morgan fingerprint density at radius 3 is 1.83 bits per heavy atom. The van der Waals surface area contributed by atoms with Gasteiger partial charge in [0.2, 0.25) is 0 Å². The van der Waals surface area contributed by atoms with E-state index in [9.17, 15) is 5.11 Å². The summed E-state index contributed by atoms with van der Waals surface area (Å²) >= 11 is 0. The molecule has 0 aliphatic carbocycles. The number of phenolic OH excluding ortho intramolecular Hbond substituents is 1. The summed E-state index contributed by atoms with van der Waals surface area (Å²) in [6, 6.07) is 22.3. The van der Waals surface area contributed by atoms with Crippen molar-refractivity contribution >= 4 is 11.0 Å². The van der Waals surface area contributed by atoms with Crippen LogP contribution in [0.5, 0.6) is 5.75 Å². The molecule has 3 aromatic carbocycles. The van der Waals surface area contributed by atoms with Gasteiger partial charge >= 0.3 is 0 Å². The van der Waals surface area contributed by atoms with Crippen LogP contribution in [0.15, 0.2) is 66.7 Å². The number of rotatable bonds is 3. The normalized spacial score (nSPS) is 12.4. The summed E-state index contributed by atoms with van der Waals surface area (Å²) in [5.41, 5.74) is 4.96. The summed E-state index contributed by atoms with van der Waals surface area (Å²) in [6.45, 7) is 10.7. The molecule has 0 saturated heterocycles. The molecule has 0 spiro atoms. The van der Waals surface area contributed by atoms with Crippen molar-refractivity contribution in [2.45, 2.75) is 45.4 Å². The Morgan fingerprint density at radius 1 is 0.724 bits per heavy atom. The second kappa shape index (κ2) is 6.73. The van der Waals surface area contributed by atoms with Crippen LogP contribution in [-0.2, 0) is 10.8 Å². The Bertz CT molecular complexity index is 1130. The van der Waals surface area contributed by atoms with Gasteiger partial charge in [-0.05, 0) is 34.7 Å². The number of phenols is 1. The molecule has 4 rings (SSSR count). The second-order valence-corrected chi connectivity index (χ2v) is 9.11. The van der Waals surface area contributed by atoms with Crippen LogP contribution in [-0.4, -0.2) is 20.1 Å². The first-order valence-corrected chi connectivity index (χ1v) is 9.94. The van der Waals surface area contributed by atoms with Crippen LogP contribution in [0.3, 0.4) is 0 Å². The Hall–Kier alpha value is -3.14. The van der Waals surface area contributed by atoms with Crippen LogP contribution in [0, 0.1) is 0 Å². The van der Waals surface area contributed by atoms with Gasteiger partial charge in [0, 0.05) is 11.0 Å². The highest BCUT2D eigenvalue weighted by Gasteiger charge is 2.29. The predicted octanol–water partition coefficient (Wildman–Crippen LogP) is 5.75. The van der Waals surface area contributed by atoms with Crippen molar-refractivity contribution in [1.29, 1.82) is 0 Å². The van der Waals surface area contributed by atoms with Crippen molar-refractivity contribution in [2.75, 3.05) is 0 Å². The van der Waals surface area contributed by atoms with Gasteiger partial charge in [0.1, 0.15) is 22.5 Å². The monoisotopic (exact) mass is 385 g/mol. The van der Waals surface area contributed by atoms with Crippen molar-refractivity contribution < 1.29 is 5.11 Å². The molecule has 0 aliphatic heterocycles. The molecule has 4 aromatic rings. The standard InChI is InChI=1S/C25H27N3O/c1-24(2,3)19-15-18(25(4,5)17-11-7-6-8-12-17)16-22(23(19)29)28-26-20-13-9-10-14-21(20)27-28/h6-16,29H,1-5H3. The first-order valence-electron chi connectivity index (χ1n) is 9.94. The van der Waals surface area contributed by atoms with Crippen LogP contribution in [0.25, 0.3) is 16.7 Å². The fraction of sp³-hybridized carbons (Fsp3) is 0.280. The first kappa shape index (κ1) is 19.2. The minimum atomic E-state index is -0.240. The van der Waals surface area contributed by atoms with Crippen LogP contribution in [0.4, 0.5) is 0 Å². The highest BCUT2D eigenvalue weighted by molar-refractivity contribution is 5.74. The molecule has 0 radical (unpaired) electrons. The molecule has 0 amide bonds. The third-order valence-electron chi connectivity index (χ3n) is 5.62. The summed E-state index contributed by atoms with van der Waals surface area (Å²) in [6.07, 6.45) is 0. The molecule has 1 heterocycles. The Labute approximate surface area is 171 Å². The maximum atomic E-state index is 11.2. The molecule has 0 unspecified atom stereocenters. The maximum absolute atomic E-state index is 11.2. The summed E-state index contributed by atoms with van der Waals surface area (Å²) in [5.74, 6) is 0.227. The third-order valence-corrected chi connectivity index (χ3v) is 5.62. The van der Waals surface area contributed by atoms with Crippen molar-refractivity contribution in [3.05, 3.63) is 83.4 Å². The summed E-state index contributed by atoms with van der Waals surface area (Å²) < 4.78 is 0. The fourth-order valence-corrected chi connectivity index (χ4v) is 3.69. The van der Waals surface area contributed by atoms with Crippen molar-refractivity contribution in [1.82, 2.24) is 15.0 Å². The first-order chi connectivity index (χ1) is 13.7. The van der Waals surface area contributed by atoms with Gasteiger partial charge in [-0.3, -0.25) is 0 Å². The van der Waals surface area contributed by atoms with Gasteiger partial charge < -0.3 is 5.11 Å². The van der Waals surface area contributed by atoms with Crippen LogP contribution < -0.4 is 0 Å². The second-order valence-electron chi connectivity index (χ2n) is 9.11. The van der Waals surface area contributed by atoms with E-state index < -0.39 is 0 Å². The number of hydrogen-bond donors (Lipinski definition) is 1. The number of aromatic nitrogens is 3. The number of aromatic hydroxyl groups is 1. The zero-order valence-corrected chi connectivity index (χ0v) is 17.6. The molecule has 4 heteroatoms. The predicted molar refractivity (Wildman–Crippen MR) is 118 cm³/mol. The molecule has 148 valence electrons. The van der Waals surface area contributed by atoms with E-state index in [0.717, 1.165) is 22.2 Å². The van der Waals surface area contributed by atoms with Gasteiger partial charge in [-0.1, -0.05) is 83.1 Å². The fourth-order valence-electron chi connectivity index (χ4n) is 3.69. The van der Waals surface area contributed by atoms with Gasteiger partial charge in [0.15, 0.2) is 0 Å². The van der Waals surface area contributed by atoms with Gasteiger partial charge in [-0.2, -0.15) is 0 Å². The third kappa shape index (κ3) is 3.39. The maximum Gasteiger partial charge on any atom is 0.146 e. The topological polar surface area (TPSA) is 50.9 Å². The zero-order chi connectivity index (χ0) is 20.8. The summed E-state index contributed by atoms with van der Waals surface area (Å²) in [7, 11) is 0. The molecule has 1 aromatic heterocycles. The van der Waals surface area contributed by atoms with E-state index in [4.69, 9.17) is 0 Å². The molecule has 1 N–H and O–H groups in total. The van der Waals surface area contributed by atoms with Gasteiger partial charge in [0.25, 0.3) is 0 Å². The number of nitrogens with zero attached hydrogens (tertiary/aromatic N) is 3. The van der Waals surface area contributed by atoms with Crippen LogP contribution >= 0.6 is 0 Å². The molecular weight excluding hydrogens is 358 g/mol. The smallest absolute Gasteiger partial charge is 0.146 e. The van der Waals surface area contributed by atoms with E-state index in [1.165, 1.54) is 5.56 Å². The minimum Gasteiger partial charge on any atom is -0.505 e. The molecule has 0 aliphatic rings. The summed E-state index contributed by atoms with van der Waals surface area (Å²) in [4.78, 5) is 1.56. The lowest BCUT2D eigenvalue weighted by atomic mass is 9.75. The quantitative estimate of drug-likeness (QED) is 0.488. The lowest BCUT2D eigenvalue weighted by molar-refractivity contribution is 0.438. The lowest BCUT2D eigenvalue weighted by Crippen LogP contribution is -2.22. The number of hydrogen-bond acceptors (Lipinski definition) is 3. The van der Waals surface area contributed by atoms with E-state index in [2.05, 4.69) is 75.1 Å². The van der Waals surface area contributed by atoms with E-state index in [1.807, 2.05) is 36.4 Å². The molecule has 0 atom stereocenters. The van der Waals surface area contributed by atoms with Gasteiger partial charge in [-0.25, -0.2) is 0 Å². The van der Waals surface area contributed by atoms with E-state index in [0.29, 0.717) is 5.69 Å². The molecule has 0 saturated carbocycles. The lowest BCUT2D eigenvalue weighted by Gasteiger charge is -2.30. The van der Waals surface area contributed by atoms with Crippen molar-refractivity contribution in [2.24, 2.45) is 0 Å². The molecule has 0 fully saturated rings. The van der Waals surface area contributed by atoms with E-state index in [1.54, 1.807) is 4.80 Å². The number of benzene rings is 3. The zero-order valence-electron chi connectivity index (χ0n) is 17.6. The highest BCUT2D eigenvalue weighted by atomic mass is 16.3. The average molecular weight is 386 g/mol. The van der Waals surface area contributed by atoms with Crippen LogP contribution in [0.1, 0.15) is 51.3 Å². The number of fused-ring (bicyclic) bond motifs is 1.